The Labute approximate surface area is 83.2 Å². The lowest BCUT2D eigenvalue weighted by Crippen LogP contribution is -2.42. The van der Waals surface area contributed by atoms with Gasteiger partial charge in [-0.1, -0.05) is 0 Å². The van der Waals surface area contributed by atoms with Gasteiger partial charge in [0.25, 0.3) is 5.91 Å². The number of hydrazine groups is 1. The van der Waals surface area contributed by atoms with Gasteiger partial charge < -0.3 is 4.74 Å². The van der Waals surface area contributed by atoms with E-state index in [2.05, 4.69) is 4.74 Å². The molecule has 86 valence electrons. The number of nitrogens with two attached hydrogens (primary N) is 1. The van der Waals surface area contributed by atoms with Crippen molar-refractivity contribution in [3.05, 3.63) is 11.9 Å². The Hall–Kier alpha value is -1.57. The van der Waals surface area contributed by atoms with Crippen molar-refractivity contribution in [2.24, 2.45) is 5.84 Å². The Morgan fingerprint density at radius 1 is 1.33 bits per heavy atom. The highest BCUT2D eigenvalue weighted by Gasteiger charge is 2.21. The second-order valence-corrected chi connectivity index (χ2v) is 2.30. The van der Waals surface area contributed by atoms with Crippen molar-refractivity contribution in [2.45, 2.75) is 13.3 Å². The monoisotopic (exact) mass is 226 g/mol. The molecule has 8 heteroatoms. The molecule has 5 nitrogen and oxygen atoms in total. The SMILES string of the molecule is CCOC(=O)N(N)C(=O)CC(F)=C(F)F. The van der Waals surface area contributed by atoms with Gasteiger partial charge in [-0.25, -0.2) is 15.0 Å². The van der Waals surface area contributed by atoms with E-state index in [4.69, 9.17) is 5.84 Å². The van der Waals surface area contributed by atoms with E-state index in [1.165, 1.54) is 6.92 Å². The summed E-state index contributed by atoms with van der Waals surface area (Å²) in [4.78, 5) is 21.6. The van der Waals surface area contributed by atoms with Gasteiger partial charge in [-0.3, -0.25) is 4.79 Å². The fourth-order valence-electron chi connectivity index (χ4n) is 0.580. The van der Waals surface area contributed by atoms with Gasteiger partial charge in [-0.2, -0.15) is 13.8 Å². The number of hydrogen-bond acceptors (Lipinski definition) is 4. The van der Waals surface area contributed by atoms with E-state index < -0.39 is 30.3 Å². The van der Waals surface area contributed by atoms with Crippen LogP contribution in [0, 0.1) is 0 Å². The highest BCUT2D eigenvalue weighted by Crippen LogP contribution is 2.13. The molecule has 0 bridgehead atoms. The summed E-state index contributed by atoms with van der Waals surface area (Å²) in [7, 11) is 0. The summed E-state index contributed by atoms with van der Waals surface area (Å²) in [6.45, 7) is 1.41. The van der Waals surface area contributed by atoms with Crippen molar-refractivity contribution in [3.63, 3.8) is 0 Å². The molecule has 0 heterocycles. The van der Waals surface area contributed by atoms with Gasteiger partial charge in [0, 0.05) is 0 Å². The molecule has 2 amide bonds. The molecule has 0 unspecified atom stereocenters. The number of carbonyl (C=O) groups excluding carboxylic acids is 2. The van der Waals surface area contributed by atoms with E-state index in [1.54, 1.807) is 0 Å². The number of hydrogen-bond donors (Lipinski definition) is 1. The molecule has 0 aromatic rings. The highest BCUT2D eigenvalue weighted by atomic mass is 19.3. The molecule has 0 saturated carbocycles. The van der Waals surface area contributed by atoms with E-state index in [0.29, 0.717) is 0 Å². The molecule has 15 heavy (non-hydrogen) atoms. The molecular weight excluding hydrogens is 217 g/mol. The van der Waals surface area contributed by atoms with Gasteiger partial charge in [-0.05, 0) is 6.92 Å². The predicted octanol–water partition coefficient (Wildman–Crippen LogP) is 1.31. The fourth-order valence-corrected chi connectivity index (χ4v) is 0.580. The number of ether oxygens (including phenoxy) is 1. The van der Waals surface area contributed by atoms with Crippen LogP contribution in [0.5, 0.6) is 0 Å². The molecule has 0 aromatic carbocycles. The third kappa shape index (κ3) is 4.45. The summed E-state index contributed by atoms with van der Waals surface area (Å²) in [6, 6.07) is 0. The second kappa shape index (κ2) is 6.02. The molecule has 0 aromatic heterocycles. The third-order valence-electron chi connectivity index (χ3n) is 1.24. The van der Waals surface area contributed by atoms with Gasteiger partial charge in [0.2, 0.25) is 0 Å². The maximum absolute atomic E-state index is 12.3. The number of rotatable bonds is 3. The van der Waals surface area contributed by atoms with Crippen LogP contribution in [0.3, 0.4) is 0 Å². The third-order valence-corrected chi connectivity index (χ3v) is 1.24. The fraction of sp³-hybridized carbons (Fsp3) is 0.429. The summed E-state index contributed by atoms with van der Waals surface area (Å²) in [5, 5.41) is -0.0635. The van der Waals surface area contributed by atoms with Gasteiger partial charge in [0.1, 0.15) is 0 Å². The Morgan fingerprint density at radius 3 is 2.27 bits per heavy atom. The lowest BCUT2D eigenvalue weighted by atomic mass is 10.3. The average Bonchev–Trinajstić information content (AvgIpc) is 2.16. The maximum atomic E-state index is 12.3. The van der Waals surface area contributed by atoms with E-state index in [-0.39, 0.29) is 11.6 Å². The molecule has 0 fully saturated rings. The first-order valence-electron chi connectivity index (χ1n) is 3.84. The van der Waals surface area contributed by atoms with Crippen LogP contribution in [0.2, 0.25) is 0 Å². The lowest BCUT2D eigenvalue weighted by Gasteiger charge is -2.12. The topological polar surface area (TPSA) is 72.6 Å². The van der Waals surface area contributed by atoms with Crippen molar-refractivity contribution in [1.29, 1.82) is 0 Å². The van der Waals surface area contributed by atoms with Gasteiger partial charge in [-0.15, -0.1) is 0 Å². The van der Waals surface area contributed by atoms with Crippen LogP contribution in [0.1, 0.15) is 13.3 Å². The number of halogens is 3. The maximum Gasteiger partial charge on any atom is 0.431 e. The van der Waals surface area contributed by atoms with E-state index >= 15 is 0 Å². The van der Waals surface area contributed by atoms with Crippen LogP contribution in [-0.2, 0) is 9.53 Å². The Morgan fingerprint density at radius 2 is 1.87 bits per heavy atom. The van der Waals surface area contributed by atoms with E-state index in [0.717, 1.165) is 0 Å². The van der Waals surface area contributed by atoms with Crippen molar-refractivity contribution in [2.75, 3.05) is 6.61 Å². The molecule has 0 aliphatic heterocycles. The summed E-state index contributed by atoms with van der Waals surface area (Å²) in [6.07, 6.45) is -5.13. The smallest absolute Gasteiger partial charge is 0.431 e. The first-order chi connectivity index (χ1) is 6.90. The summed E-state index contributed by atoms with van der Waals surface area (Å²) in [5.41, 5.74) is 0. The molecule has 0 spiro atoms. The summed E-state index contributed by atoms with van der Waals surface area (Å²) in [5.74, 6) is 1.62. The van der Waals surface area contributed by atoms with Crippen molar-refractivity contribution >= 4 is 12.0 Å². The molecule has 0 aliphatic rings. The van der Waals surface area contributed by atoms with Gasteiger partial charge in [0.15, 0.2) is 5.83 Å². The van der Waals surface area contributed by atoms with E-state index in [1.807, 2.05) is 0 Å². The number of nitrogens with zero attached hydrogens (tertiary/aromatic N) is 1. The number of carbonyl (C=O) groups is 2. The molecule has 0 aliphatic carbocycles. The molecule has 0 rings (SSSR count). The average molecular weight is 226 g/mol. The highest BCUT2D eigenvalue weighted by molar-refractivity contribution is 5.92. The normalized spacial score (nSPS) is 9.40. The zero-order valence-corrected chi connectivity index (χ0v) is 7.80. The van der Waals surface area contributed by atoms with Crippen LogP contribution in [0.15, 0.2) is 11.9 Å². The lowest BCUT2D eigenvalue weighted by molar-refractivity contribution is -0.129. The van der Waals surface area contributed by atoms with Crippen LogP contribution in [-0.4, -0.2) is 23.6 Å². The molecule has 0 radical (unpaired) electrons. The molecular formula is C7H9F3N2O3. The molecule has 0 atom stereocenters. The zero-order chi connectivity index (χ0) is 12.0. The van der Waals surface area contributed by atoms with Crippen molar-refractivity contribution in [1.82, 2.24) is 5.01 Å². The minimum atomic E-state index is -2.62. The zero-order valence-electron chi connectivity index (χ0n) is 7.80. The number of amides is 2. The molecule has 2 N–H and O–H groups in total. The molecule has 0 saturated heterocycles. The van der Waals surface area contributed by atoms with Crippen LogP contribution < -0.4 is 5.84 Å². The van der Waals surface area contributed by atoms with E-state index in [9.17, 15) is 22.8 Å². The van der Waals surface area contributed by atoms with Crippen molar-refractivity contribution in [3.8, 4) is 0 Å². The van der Waals surface area contributed by atoms with Gasteiger partial charge >= 0.3 is 12.2 Å². The minimum Gasteiger partial charge on any atom is -0.448 e. The van der Waals surface area contributed by atoms with Crippen LogP contribution >= 0.6 is 0 Å². The van der Waals surface area contributed by atoms with Crippen LogP contribution in [0.25, 0.3) is 0 Å². The van der Waals surface area contributed by atoms with Crippen LogP contribution in [0.4, 0.5) is 18.0 Å². The predicted molar refractivity (Wildman–Crippen MR) is 43.0 cm³/mol. The Balaban J connectivity index is 4.35. The van der Waals surface area contributed by atoms with Crippen molar-refractivity contribution < 1.29 is 27.5 Å². The Bertz CT molecular complexity index is 289. The first-order valence-corrected chi connectivity index (χ1v) is 3.84. The second-order valence-electron chi connectivity index (χ2n) is 2.30. The largest absolute Gasteiger partial charge is 0.448 e. The quantitative estimate of drug-likeness (QED) is 0.447. The Kier molecular flexibility index (Phi) is 5.39. The van der Waals surface area contributed by atoms with Gasteiger partial charge in [0.05, 0.1) is 13.0 Å². The minimum absolute atomic E-state index is 0.0460. The number of imide groups is 1. The summed E-state index contributed by atoms with van der Waals surface area (Å²) < 4.78 is 39.7. The summed E-state index contributed by atoms with van der Waals surface area (Å²) >= 11 is 0. The first kappa shape index (κ1) is 13.4. The standard InChI is InChI=1S/C7H9F3N2O3/c1-2-15-7(14)12(11)5(13)3-4(8)6(9)10/h2-3,11H2,1H3.